The third-order valence-electron chi connectivity index (χ3n) is 4.02. The van der Waals surface area contributed by atoms with E-state index in [0.717, 1.165) is 25.9 Å². The van der Waals surface area contributed by atoms with Crippen molar-refractivity contribution < 1.29 is 9.18 Å². The van der Waals surface area contributed by atoms with Crippen molar-refractivity contribution >= 4 is 17.5 Å². The van der Waals surface area contributed by atoms with Crippen LogP contribution in [0.25, 0.3) is 0 Å². The Hall–Kier alpha value is -1.13. The summed E-state index contributed by atoms with van der Waals surface area (Å²) in [6.07, 6.45) is 2.23. The van der Waals surface area contributed by atoms with Crippen LogP contribution in [0.15, 0.2) is 18.2 Å². The quantitative estimate of drug-likeness (QED) is 0.925. The zero-order valence-corrected chi connectivity index (χ0v) is 13.3. The molecule has 1 amide bonds. The van der Waals surface area contributed by atoms with Gasteiger partial charge in [-0.25, -0.2) is 4.39 Å². The third-order valence-corrected chi connectivity index (χ3v) is 4.34. The van der Waals surface area contributed by atoms with E-state index < -0.39 is 11.7 Å². The molecule has 0 radical (unpaired) electrons. The predicted molar refractivity (Wildman–Crippen MR) is 83.2 cm³/mol. The number of rotatable bonds is 4. The van der Waals surface area contributed by atoms with Crippen molar-refractivity contribution in [2.75, 3.05) is 19.6 Å². The van der Waals surface area contributed by atoms with Gasteiger partial charge in [-0.1, -0.05) is 17.7 Å². The van der Waals surface area contributed by atoms with Gasteiger partial charge >= 0.3 is 0 Å². The summed E-state index contributed by atoms with van der Waals surface area (Å²) in [6.45, 7) is 7.01. The van der Waals surface area contributed by atoms with E-state index in [1.54, 1.807) is 0 Å². The Morgan fingerprint density at radius 1 is 1.52 bits per heavy atom. The summed E-state index contributed by atoms with van der Waals surface area (Å²) in [5.74, 6) is -0.595. The van der Waals surface area contributed by atoms with Gasteiger partial charge in [-0.2, -0.15) is 0 Å². The summed E-state index contributed by atoms with van der Waals surface area (Å²) in [5, 5.41) is 2.97. The lowest BCUT2D eigenvalue weighted by Gasteiger charge is -2.35. The average molecular weight is 313 g/mol. The molecule has 116 valence electrons. The number of nitrogens with zero attached hydrogens (tertiary/aromatic N) is 1. The van der Waals surface area contributed by atoms with Crippen LogP contribution in [0.2, 0.25) is 5.02 Å². The monoisotopic (exact) mass is 312 g/mol. The van der Waals surface area contributed by atoms with Gasteiger partial charge in [0, 0.05) is 19.1 Å². The Labute approximate surface area is 130 Å². The van der Waals surface area contributed by atoms with Gasteiger partial charge in [0.1, 0.15) is 5.82 Å². The molecule has 0 spiro atoms. The molecule has 1 aromatic rings. The van der Waals surface area contributed by atoms with Crippen LogP contribution < -0.4 is 5.32 Å². The number of nitrogens with one attached hydrogen (secondary N) is 1. The molecule has 1 atom stereocenters. The third kappa shape index (κ3) is 4.17. The lowest BCUT2D eigenvalue weighted by Crippen LogP contribution is -2.43. The Balaban J connectivity index is 1.92. The fourth-order valence-corrected chi connectivity index (χ4v) is 3.02. The van der Waals surface area contributed by atoms with Crippen molar-refractivity contribution in [1.29, 1.82) is 0 Å². The molecule has 0 aromatic heterocycles. The highest BCUT2D eigenvalue weighted by Crippen LogP contribution is 2.20. The van der Waals surface area contributed by atoms with Gasteiger partial charge in [0.25, 0.3) is 5.91 Å². The highest BCUT2D eigenvalue weighted by atomic mass is 35.5. The summed E-state index contributed by atoms with van der Waals surface area (Å²) in [4.78, 5) is 14.5. The molecule has 1 heterocycles. The molecule has 1 saturated heterocycles. The fraction of sp³-hybridized carbons (Fsp3) is 0.562. The van der Waals surface area contributed by atoms with Crippen LogP contribution in [0.4, 0.5) is 4.39 Å². The number of benzene rings is 1. The standard InChI is InChI=1S/C16H22ClFN2O/c1-11(2)20-8-4-5-12(10-20)9-19-16(21)15-13(17)6-3-7-14(15)18/h3,6-7,11-12H,4-5,8-10H2,1-2H3,(H,19,21)/t12-/m1/s1. The van der Waals surface area contributed by atoms with E-state index in [-0.39, 0.29) is 10.6 Å². The van der Waals surface area contributed by atoms with Gasteiger partial charge in [-0.05, 0) is 51.3 Å². The van der Waals surface area contributed by atoms with E-state index in [1.807, 2.05) is 0 Å². The second-order valence-electron chi connectivity index (χ2n) is 5.90. The van der Waals surface area contributed by atoms with E-state index in [1.165, 1.54) is 18.2 Å². The zero-order chi connectivity index (χ0) is 15.4. The number of carbonyl (C=O) groups is 1. The molecule has 3 nitrogen and oxygen atoms in total. The molecule has 1 N–H and O–H groups in total. The largest absolute Gasteiger partial charge is 0.352 e. The van der Waals surface area contributed by atoms with Crippen molar-refractivity contribution in [2.24, 2.45) is 5.92 Å². The first kappa shape index (κ1) is 16.2. The molecule has 5 heteroatoms. The van der Waals surface area contributed by atoms with Crippen LogP contribution in [0.1, 0.15) is 37.0 Å². The van der Waals surface area contributed by atoms with Gasteiger partial charge in [0.15, 0.2) is 0 Å². The first-order chi connectivity index (χ1) is 9.99. The minimum atomic E-state index is -0.576. The first-order valence-corrected chi connectivity index (χ1v) is 7.83. The summed E-state index contributed by atoms with van der Waals surface area (Å²) >= 11 is 5.90. The van der Waals surface area contributed by atoms with Gasteiger partial charge in [-0.3, -0.25) is 4.79 Å². The number of hydrogen-bond acceptors (Lipinski definition) is 2. The van der Waals surface area contributed by atoms with Crippen LogP contribution in [0, 0.1) is 11.7 Å². The van der Waals surface area contributed by atoms with Crippen molar-refractivity contribution in [3.63, 3.8) is 0 Å². The first-order valence-electron chi connectivity index (χ1n) is 7.45. The number of halogens is 2. The fourth-order valence-electron chi connectivity index (χ4n) is 2.77. The number of amides is 1. The van der Waals surface area contributed by atoms with E-state index in [0.29, 0.717) is 18.5 Å². The molecular weight excluding hydrogens is 291 g/mol. The molecule has 1 fully saturated rings. The van der Waals surface area contributed by atoms with E-state index in [2.05, 4.69) is 24.1 Å². The summed E-state index contributed by atoms with van der Waals surface area (Å²) in [6, 6.07) is 4.79. The number of carbonyl (C=O) groups excluding carboxylic acids is 1. The highest BCUT2D eigenvalue weighted by molar-refractivity contribution is 6.33. The van der Waals surface area contributed by atoms with Crippen LogP contribution in [-0.4, -0.2) is 36.5 Å². The second kappa shape index (κ2) is 7.23. The van der Waals surface area contributed by atoms with Crippen molar-refractivity contribution in [3.8, 4) is 0 Å². The van der Waals surface area contributed by atoms with Crippen LogP contribution >= 0.6 is 11.6 Å². The van der Waals surface area contributed by atoms with Crippen LogP contribution in [0.3, 0.4) is 0 Å². The Morgan fingerprint density at radius 2 is 2.29 bits per heavy atom. The smallest absolute Gasteiger partial charge is 0.255 e. The normalized spacial score (nSPS) is 19.8. The maximum absolute atomic E-state index is 13.7. The Kier molecular flexibility index (Phi) is 5.59. The molecule has 0 saturated carbocycles. The average Bonchev–Trinajstić information content (AvgIpc) is 2.45. The zero-order valence-electron chi connectivity index (χ0n) is 12.5. The van der Waals surface area contributed by atoms with Crippen LogP contribution in [-0.2, 0) is 0 Å². The van der Waals surface area contributed by atoms with Gasteiger partial charge in [0.05, 0.1) is 10.6 Å². The van der Waals surface area contributed by atoms with E-state index in [4.69, 9.17) is 11.6 Å². The van der Waals surface area contributed by atoms with Crippen molar-refractivity contribution in [2.45, 2.75) is 32.7 Å². The van der Waals surface area contributed by atoms with E-state index in [9.17, 15) is 9.18 Å². The minimum Gasteiger partial charge on any atom is -0.352 e. The molecule has 2 rings (SSSR count). The lowest BCUT2D eigenvalue weighted by atomic mass is 9.97. The van der Waals surface area contributed by atoms with Gasteiger partial charge < -0.3 is 10.2 Å². The van der Waals surface area contributed by atoms with Gasteiger partial charge in [0.2, 0.25) is 0 Å². The Morgan fingerprint density at radius 3 is 2.95 bits per heavy atom. The number of piperidine rings is 1. The molecule has 1 aliphatic rings. The molecule has 0 unspecified atom stereocenters. The molecule has 1 aromatic carbocycles. The topological polar surface area (TPSA) is 32.3 Å². The molecule has 21 heavy (non-hydrogen) atoms. The number of likely N-dealkylation sites (tertiary alicyclic amines) is 1. The molecule has 0 bridgehead atoms. The van der Waals surface area contributed by atoms with Crippen LogP contribution in [0.5, 0.6) is 0 Å². The summed E-state index contributed by atoms with van der Waals surface area (Å²) in [7, 11) is 0. The summed E-state index contributed by atoms with van der Waals surface area (Å²) < 4.78 is 13.7. The SMILES string of the molecule is CC(C)N1CCC[C@H](CNC(=O)c2c(F)cccc2Cl)C1. The highest BCUT2D eigenvalue weighted by Gasteiger charge is 2.23. The van der Waals surface area contributed by atoms with Gasteiger partial charge in [-0.15, -0.1) is 0 Å². The minimum absolute atomic E-state index is 0.0595. The van der Waals surface area contributed by atoms with Crippen molar-refractivity contribution in [1.82, 2.24) is 10.2 Å². The maximum atomic E-state index is 13.7. The molecular formula is C16H22ClFN2O. The lowest BCUT2D eigenvalue weighted by molar-refractivity contribution is 0.0919. The maximum Gasteiger partial charge on any atom is 0.255 e. The Bertz CT molecular complexity index is 487. The summed E-state index contributed by atoms with van der Waals surface area (Å²) in [5.41, 5.74) is -0.0595. The second-order valence-corrected chi connectivity index (χ2v) is 6.31. The molecule has 1 aliphatic heterocycles. The molecule has 0 aliphatic carbocycles. The predicted octanol–water partition coefficient (Wildman–Crippen LogP) is 3.33. The van der Waals surface area contributed by atoms with E-state index >= 15 is 0 Å². The number of hydrogen-bond donors (Lipinski definition) is 1. The van der Waals surface area contributed by atoms with Crippen molar-refractivity contribution in [3.05, 3.63) is 34.6 Å².